The highest BCUT2D eigenvalue weighted by Gasteiger charge is 2.05. The molecule has 7 heteroatoms. The third kappa shape index (κ3) is 6.74. The van der Waals surface area contributed by atoms with Crippen molar-refractivity contribution in [3.8, 4) is 0 Å². The fraction of sp³-hybridized carbons (Fsp3) is 0.200. The topological polar surface area (TPSA) is 101 Å². The predicted octanol–water partition coefficient (Wildman–Crippen LogP) is 4.38. The van der Waals surface area contributed by atoms with Gasteiger partial charge in [-0.15, -0.1) is 0 Å². The van der Waals surface area contributed by atoms with E-state index in [0.29, 0.717) is 23.4 Å². The molecule has 0 fully saturated rings. The largest absolute Gasteiger partial charge is 0.326 e. The van der Waals surface area contributed by atoms with Crippen LogP contribution in [0.4, 0.5) is 17.1 Å². The molecule has 0 aliphatic carbocycles. The van der Waals surface area contributed by atoms with Gasteiger partial charge in [-0.1, -0.05) is 31.5 Å². The number of unbranched alkanes of at least 4 members (excludes halogenated alkanes) is 1. The van der Waals surface area contributed by atoms with Gasteiger partial charge in [0.1, 0.15) is 0 Å². The summed E-state index contributed by atoms with van der Waals surface area (Å²) in [7, 11) is 0. The molecule has 0 radical (unpaired) electrons. The van der Waals surface area contributed by atoms with Gasteiger partial charge in [-0.2, -0.15) is 0 Å². The number of nitro benzene ring substituents is 1. The summed E-state index contributed by atoms with van der Waals surface area (Å²) >= 11 is 0. The molecular formula is C20H21N3O4. The minimum absolute atomic E-state index is 0.0379. The molecule has 0 saturated heterocycles. The number of anilines is 2. The minimum Gasteiger partial charge on any atom is -0.326 e. The zero-order chi connectivity index (χ0) is 19.6. The number of nitrogens with zero attached hydrogens (tertiary/aromatic N) is 1. The van der Waals surface area contributed by atoms with Crippen molar-refractivity contribution in [1.82, 2.24) is 0 Å². The molecule has 2 rings (SSSR count). The van der Waals surface area contributed by atoms with Gasteiger partial charge in [-0.3, -0.25) is 19.7 Å². The maximum atomic E-state index is 12.1. The Balaban J connectivity index is 1.97. The molecule has 0 aliphatic rings. The predicted molar refractivity (Wildman–Crippen MR) is 105 cm³/mol. The van der Waals surface area contributed by atoms with Crippen LogP contribution in [0.3, 0.4) is 0 Å². The molecule has 0 bridgehead atoms. The summed E-state index contributed by atoms with van der Waals surface area (Å²) < 4.78 is 0. The molecule has 27 heavy (non-hydrogen) atoms. The molecule has 2 N–H and O–H groups in total. The summed E-state index contributed by atoms with van der Waals surface area (Å²) in [6.07, 6.45) is 5.02. The van der Waals surface area contributed by atoms with Crippen LogP contribution >= 0.6 is 0 Å². The summed E-state index contributed by atoms with van der Waals surface area (Å²) in [5.74, 6) is -0.443. The maximum absolute atomic E-state index is 12.1. The Morgan fingerprint density at radius 2 is 1.78 bits per heavy atom. The number of nitrogens with one attached hydrogen (secondary N) is 2. The van der Waals surface area contributed by atoms with Gasteiger partial charge >= 0.3 is 0 Å². The lowest BCUT2D eigenvalue weighted by Gasteiger charge is -2.07. The average Bonchev–Trinajstić information content (AvgIpc) is 2.65. The molecule has 0 unspecified atom stereocenters. The fourth-order valence-corrected chi connectivity index (χ4v) is 2.33. The van der Waals surface area contributed by atoms with E-state index in [-0.39, 0.29) is 17.5 Å². The smallest absolute Gasteiger partial charge is 0.270 e. The Hall–Kier alpha value is -3.48. The van der Waals surface area contributed by atoms with Gasteiger partial charge in [0.25, 0.3) is 5.69 Å². The zero-order valence-corrected chi connectivity index (χ0v) is 15.0. The molecular weight excluding hydrogens is 346 g/mol. The number of benzene rings is 2. The number of rotatable bonds is 8. The molecule has 140 valence electrons. The van der Waals surface area contributed by atoms with Crippen LogP contribution in [0.2, 0.25) is 0 Å². The van der Waals surface area contributed by atoms with E-state index >= 15 is 0 Å². The number of nitro groups is 1. The normalized spacial score (nSPS) is 10.6. The van der Waals surface area contributed by atoms with E-state index in [4.69, 9.17) is 0 Å². The molecule has 2 aromatic rings. The Kier molecular flexibility index (Phi) is 7.25. The third-order valence-corrected chi connectivity index (χ3v) is 3.68. The Morgan fingerprint density at radius 3 is 2.48 bits per heavy atom. The molecule has 0 spiro atoms. The van der Waals surface area contributed by atoms with Crippen molar-refractivity contribution in [2.45, 2.75) is 26.2 Å². The SMILES string of the molecule is CCCCC(=O)Nc1cccc(NC(=O)C=Cc2cccc([N+](=O)[O-])c2)c1. The van der Waals surface area contributed by atoms with Crippen LogP contribution in [0.25, 0.3) is 6.08 Å². The lowest BCUT2D eigenvalue weighted by atomic mass is 10.2. The van der Waals surface area contributed by atoms with Crippen LogP contribution in [0.5, 0.6) is 0 Å². The van der Waals surface area contributed by atoms with E-state index in [1.165, 1.54) is 24.3 Å². The molecule has 2 amide bonds. The highest BCUT2D eigenvalue weighted by atomic mass is 16.6. The van der Waals surface area contributed by atoms with Crippen LogP contribution < -0.4 is 10.6 Å². The van der Waals surface area contributed by atoms with Crippen molar-refractivity contribution in [1.29, 1.82) is 0 Å². The standard InChI is InChI=1S/C20H21N3O4/c1-2-3-10-19(24)21-16-7-5-8-17(14-16)22-20(25)12-11-15-6-4-9-18(13-15)23(26)27/h4-9,11-14H,2-3,10H2,1H3,(H,21,24)(H,22,25). The first kappa shape index (κ1) is 19.8. The van der Waals surface area contributed by atoms with Crippen molar-refractivity contribution in [2.75, 3.05) is 10.6 Å². The molecule has 2 aromatic carbocycles. The van der Waals surface area contributed by atoms with E-state index < -0.39 is 4.92 Å². The minimum atomic E-state index is -0.488. The summed E-state index contributed by atoms with van der Waals surface area (Å²) in [6.45, 7) is 2.02. The summed E-state index contributed by atoms with van der Waals surface area (Å²) in [5.41, 5.74) is 1.66. The first-order valence-electron chi connectivity index (χ1n) is 8.61. The van der Waals surface area contributed by atoms with Crippen LogP contribution in [0, 0.1) is 10.1 Å². The molecule has 0 heterocycles. The highest BCUT2D eigenvalue weighted by Crippen LogP contribution is 2.17. The van der Waals surface area contributed by atoms with E-state index in [9.17, 15) is 19.7 Å². The second-order valence-electron chi connectivity index (χ2n) is 5.91. The van der Waals surface area contributed by atoms with Gasteiger partial charge in [-0.05, 0) is 36.3 Å². The van der Waals surface area contributed by atoms with Crippen LogP contribution in [-0.2, 0) is 9.59 Å². The summed E-state index contributed by atoms with van der Waals surface area (Å²) in [5, 5.41) is 16.3. The van der Waals surface area contributed by atoms with Crippen molar-refractivity contribution >= 4 is 35.0 Å². The van der Waals surface area contributed by atoms with Crippen LogP contribution in [-0.4, -0.2) is 16.7 Å². The summed E-state index contributed by atoms with van der Waals surface area (Å²) in [6, 6.07) is 12.9. The van der Waals surface area contributed by atoms with Gasteiger partial charge in [-0.25, -0.2) is 0 Å². The van der Waals surface area contributed by atoms with E-state index in [0.717, 1.165) is 12.8 Å². The highest BCUT2D eigenvalue weighted by molar-refractivity contribution is 6.02. The Morgan fingerprint density at radius 1 is 1.07 bits per heavy atom. The van der Waals surface area contributed by atoms with E-state index in [1.54, 1.807) is 36.4 Å². The average molecular weight is 367 g/mol. The third-order valence-electron chi connectivity index (χ3n) is 3.68. The number of hydrogen-bond acceptors (Lipinski definition) is 4. The number of amides is 2. The lowest BCUT2D eigenvalue weighted by molar-refractivity contribution is -0.384. The Bertz CT molecular complexity index is 862. The first-order valence-corrected chi connectivity index (χ1v) is 8.61. The molecule has 0 aliphatic heterocycles. The van der Waals surface area contributed by atoms with Crippen molar-refractivity contribution in [3.05, 3.63) is 70.3 Å². The van der Waals surface area contributed by atoms with E-state index in [1.807, 2.05) is 6.92 Å². The van der Waals surface area contributed by atoms with Gasteiger partial charge in [0, 0.05) is 36.0 Å². The van der Waals surface area contributed by atoms with Crippen LogP contribution in [0.1, 0.15) is 31.7 Å². The number of non-ortho nitro benzene ring substituents is 1. The number of hydrogen-bond donors (Lipinski definition) is 2. The fourth-order valence-electron chi connectivity index (χ4n) is 2.33. The van der Waals surface area contributed by atoms with Crippen LogP contribution in [0.15, 0.2) is 54.6 Å². The molecule has 0 aromatic heterocycles. The molecule has 0 atom stereocenters. The second kappa shape index (κ2) is 9.86. The van der Waals surface area contributed by atoms with Crippen molar-refractivity contribution in [3.63, 3.8) is 0 Å². The summed E-state index contributed by atoms with van der Waals surface area (Å²) in [4.78, 5) is 34.1. The van der Waals surface area contributed by atoms with E-state index in [2.05, 4.69) is 10.6 Å². The zero-order valence-electron chi connectivity index (χ0n) is 15.0. The first-order chi connectivity index (χ1) is 13.0. The Labute approximate surface area is 157 Å². The number of carbonyl (C=O) groups excluding carboxylic acids is 2. The van der Waals surface area contributed by atoms with Crippen molar-refractivity contribution < 1.29 is 14.5 Å². The monoisotopic (exact) mass is 367 g/mol. The lowest BCUT2D eigenvalue weighted by Crippen LogP contribution is -2.12. The van der Waals surface area contributed by atoms with Gasteiger partial charge < -0.3 is 10.6 Å². The van der Waals surface area contributed by atoms with Gasteiger partial charge in [0.15, 0.2) is 0 Å². The van der Waals surface area contributed by atoms with Crippen molar-refractivity contribution in [2.24, 2.45) is 0 Å². The van der Waals surface area contributed by atoms with Gasteiger partial charge in [0.05, 0.1) is 4.92 Å². The quantitative estimate of drug-likeness (QED) is 0.411. The number of carbonyl (C=O) groups is 2. The maximum Gasteiger partial charge on any atom is 0.270 e. The second-order valence-corrected chi connectivity index (χ2v) is 5.91. The molecule has 7 nitrogen and oxygen atoms in total. The molecule has 0 saturated carbocycles. The van der Waals surface area contributed by atoms with Gasteiger partial charge in [0.2, 0.25) is 11.8 Å².